The molecular formula is C18H27ClN4O2. The maximum absolute atomic E-state index is 12.6. The van der Waals surface area contributed by atoms with Crippen LogP contribution in [0.15, 0.2) is 18.3 Å². The number of nitrogens with zero attached hydrogens (tertiary/aromatic N) is 4. The highest BCUT2D eigenvalue weighted by Gasteiger charge is 2.28. The Morgan fingerprint density at radius 1 is 1.28 bits per heavy atom. The summed E-state index contributed by atoms with van der Waals surface area (Å²) in [4.78, 5) is 23.5. The first-order valence-corrected chi connectivity index (χ1v) is 9.40. The standard InChI is InChI=1S/C18H27ClN4O2/c1-14(2)23-9-10-25-16(13-23)11-18(24)22-7-5-21(6-8-22)17-4-3-15(19)12-20-17/h3-4,12,14,16H,5-11,13H2,1-2H3. The number of pyridine rings is 1. The molecule has 0 bridgehead atoms. The first-order valence-electron chi connectivity index (χ1n) is 9.03. The van der Waals surface area contributed by atoms with Crippen LogP contribution in [0.1, 0.15) is 20.3 Å². The normalized spacial score (nSPS) is 22.5. The number of hydrogen-bond acceptors (Lipinski definition) is 5. The number of amides is 1. The minimum absolute atomic E-state index is 0.0135. The van der Waals surface area contributed by atoms with Gasteiger partial charge in [-0.25, -0.2) is 4.98 Å². The average molecular weight is 367 g/mol. The second-order valence-electron chi connectivity index (χ2n) is 6.99. The number of aromatic nitrogens is 1. The van der Waals surface area contributed by atoms with Gasteiger partial charge in [-0.05, 0) is 26.0 Å². The van der Waals surface area contributed by atoms with Gasteiger partial charge in [-0.2, -0.15) is 0 Å². The zero-order chi connectivity index (χ0) is 17.8. The van der Waals surface area contributed by atoms with Crippen molar-refractivity contribution in [2.24, 2.45) is 0 Å². The molecule has 2 aliphatic heterocycles. The number of carbonyl (C=O) groups is 1. The molecule has 3 rings (SSSR count). The quantitative estimate of drug-likeness (QED) is 0.814. The van der Waals surface area contributed by atoms with Crippen LogP contribution in [0.5, 0.6) is 0 Å². The summed E-state index contributed by atoms with van der Waals surface area (Å²) in [6, 6.07) is 4.27. The first-order chi connectivity index (χ1) is 12.0. The molecule has 1 aromatic heterocycles. The van der Waals surface area contributed by atoms with Crippen LogP contribution < -0.4 is 4.90 Å². The number of ether oxygens (including phenoxy) is 1. The summed E-state index contributed by atoms with van der Waals surface area (Å²) in [7, 11) is 0. The molecule has 1 amide bonds. The first kappa shape index (κ1) is 18.4. The summed E-state index contributed by atoms with van der Waals surface area (Å²) in [6.45, 7) is 9.93. The highest BCUT2D eigenvalue weighted by Crippen LogP contribution is 2.18. The van der Waals surface area contributed by atoms with Gasteiger partial charge < -0.3 is 14.5 Å². The van der Waals surface area contributed by atoms with Crippen LogP contribution in [-0.2, 0) is 9.53 Å². The summed E-state index contributed by atoms with van der Waals surface area (Å²) in [5.74, 6) is 1.11. The molecule has 3 heterocycles. The highest BCUT2D eigenvalue weighted by molar-refractivity contribution is 6.30. The second kappa shape index (κ2) is 8.34. The van der Waals surface area contributed by atoms with Crippen LogP contribution in [-0.4, -0.2) is 78.7 Å². The number of morpholine rings is 1. The summed E-state index contributed by atoms with van der Waals surface area (Å²) in [5.41, 5.74) is 0. The molecule has 25 heavy (non-hydrogen) atoms. The van der Waals surface area contributed by atoms with Crippen molar-refractivity contribution >= 4 is 23.3 Å². The van der Waals surface area contributed by atoms with Crippen molar-refractivity contribution in [2.75, 3.05) is 50.8 Å². The fourth-order valence-electron chi connectivity index (χ4n) is 3.40. The fourth-order valence-corrected chi connectivity index (χ4v) is 3.51. The number of anilines is 1. The minimum atomic E-state index is 0.0135. The van der Waals surface area contributed by atoms with Gasteiger partial charge in [0.25, 0.3) is 0 Å². The van der Waals surface area contributed by atoms with Crippen molar-refractivity contribution in [1.82, 2.24) is 14.8 Å². The number of carbonyl (C=O) groups excluding carboxylic acids is 1. The molecule has 2 aliphatic rings. The lowest BCUT2D eigenvalue weighted by atomic mass is 10.1. The van der Waals surface area contributed by atoms with E-state index in [2.05, 4.69) is 28.6 Å². The van der Waals surface area contributed by atoms with Gasteiger partial charge >= 0.3 is 0 Å². The van der Waals surface area contributed by atoms with E-state index in [0.717, 1.165) is 45.1 Å². The van der Waals surface area contributed by atoms with Crippen molar-refractivity contribution < 1.29 is 9.53 Å². The lowest BCUT2D eigenvalue weighted by molar-refractivity contribution is -0.136. The smallest absolute Gasteiger partial charge is 0.225 e. The third kappa shape index (κ3) is 4.84. The van der Waals surface area contributed by atoms with E-state index in [-0.39, 0.29) is 12.0 Å². The molecule has 1 atom stereocenters. The molecule has 0 radical (unpaired) electrons. The third-order valence-corrected chi connectivity index (χ3v) is 5.19. The molecule has 0 aromatic carbocycles. The highest BCUT2D eigenvalue weighted by atomic mass is 35.5. The molecule has 0 aliphatic carbocycles. The van der Waals surface area contributed by atoms with Crippen LogP contribution >= 0.6 is 11.6 Å². The molecule has 7 heteroatoms. The third-order valence-electron chi connectivity index (χ3n) is 4.97. The van der Waals surface area contributed by atoms with Crippen molar-refractivity contribution in [3.8, 4) is 0 Å². The topological polar surface area (TPSA) is 48.9 Å². The summed E-state index contributed by atoms with van der Waals surface area (Å²) in [6.07, 6.45) is 2.15. The number of piperazine rings is 1. The zero-order valence-electron chi connectivity index (χ0n) is 15.0. The Bertz CT molecular complexity index is 573. The Kier molecular flexibility index (Phi) is 6.15. The van der Waals surface area contributed by atoms with E-state index < -0.39 is 0 Å². The summed E-state index contributed by atoms with van der Waals surface area (Å²) >= 11 is 5.89. The van der Waals surface area contributed by atoms with Gasteiger partial charge in [0.15, 0.2) is 0 Å². The SMILES string of the molecule is CC(C)N1CCOC(CC(=O)N2CCN(c3ccc(Cl)cn3)CC2)C1. The number of hydrogen-bond donors (Lipinski definition) is 0. The Hall–Kier alpha value is -1.37. The van der Waals surface area contributed by atoms with Gasteiger partial charge in [0, 0.05) is 51.5 Å². The Morgan fingerprint density at radius 2 is 2.04 bits per heavy atom. The molecule has 0 N–H and O–H groups in total. The molecule has 138 valence electrons. The number of rotatable bonds is 4. The molecule has 1 aromatic rings. The van der Waals surface area contributed by atoms with Crippen LogP contribution in [0.25, 0.3) is 0 Å². The van der Waals surface area contributed by atoms with Gasteiger partial charge in [-0.1, -0.05) is 11.6 Å². The fraction of sp³-hybridized carbons (Fsp3) is 0.667. The van der Waals surface area contributed by atoms with Gasteiger partial charge in [0.1, 0.15) is 5.82 Å². The Morgan fingerprint density at radius 3 is 2.68 bits per heavy atom. The van der Waals surface area contributed by atoms with E-state index in [1.54, 1.807) is 6.20 Å². The van der Waals surface area contributed by atoms with Crippen molar-refractivity contribution in [3.05, 3.63) is 23.4 Å². The zero-order valence-corrected chi connectivity index (χ0v) is 15.8. The summed E-state index contributed by atoms with van der Waals surface area (Å²) < 4.78 is 5.80. The van der Waals surface area contributed by atoms with Crippen molar-refractivity contribution in [3.63, 3.8) is 0 Å². The van der Waals surface area contributed by atoms with E-state index in [1.165, 1.54) is 0 Å². The van der Waals surface area contributed by atoms with Gasteiger partial charge in [-0.3, -0.25) is 9.69 Å². The molecule has 0 saturated carbocycles. The lowest BCUT2D eigenvalue weighted by Crippen LogP contribution is -2.51. The molecule has 6 nitrogen and oxygen atoms in total. The monoisotopic (exact) mass is 366 g/mol. The molecule has 2 fully saturated rings. The molecular weight excluding hydrogens is 340 g/mol. The molecule has 0 spiro atoms. The van der Waals surface area contributed by atoms with Gasteiger partial charge in [0.05, 0.1) is 24.2 Å². The average Bonchev–Trinajstić information content (AvgIpc) is 2.63. The van der Waals surface area contributed by atoms with E-state index in [9.17, 15) is 4.79 Å². The Balaban J connectivity index is 1.47. The second-order valence-corrected chi connectivity index (χ2v) is 7.42. The van der Waals surface area contributed by atoms with E-state index in [4.69, 9.17) is 16.3 Å². The number of halogens is 1. The van der Waals surface area contributed by atoms with Crippen molar-refractivity contribution in [2.45, 2.75) is 32.4 Å². The van der Waals surface area contributed by atoms with Crippen LogP contribution in [0.3, 0.4) is 0 Å². The van der Waals surface area contributed by atoms with Crippen LogP contribution in [0.2, 0.25) is 5.02 Å². The summed E-state index contributed by atoms with van der Waals surface area (Å²) in [5, 5.41) is 0.639. The lowest BCUT2D eigenvalue weighted by Gasteiger charge is -2.38. The maximum Gasteiger partial charge on any atom is 0.225 e. The van der Waals surface area contributed by atoms with E-state index in [1.807, 2.05) is 17.0 Å². The largest absolute Gasteiger partial charge is 0.375 e. The molecule has 2 saturated heterocycles. The van der Waals surface area contributed by atoms with Crippen molar-refractivity contribution in [1.29, 1.82) is 0 Å². The predicted octanol–water partition coefficient (Wildman–Crippen LogP) is 1.88. The predicted molar refractivity (Wildman–Crippen MR) is 99.1 cm³/mol. The van der Waals surface area contributed by atoms with Gasteiger partial charge in [-0.15, -0.1) is 0 Å². The van der Waals surface area contributed by atoms with Crippen LogP contribution in [0, 0.1) is 0 Å². The Labute approximate surface area is 154 Å². The van der Waals surface area contributed by atoms with Gasteiger partial charge in [0.2, 0.25) is 5.91 Å². The minimum Gasteiger partial charge on any atom is -0.375 e. The van der Waals surface area contributed by atoms with E-state index >= 15 is 0 Å². The maximum atomic E-state index is 12.6. The molecule has 1 unspecified atom stereocenters. The van der Waals surface area contributed by atoms with Crippen LogP contribution in [0.4, 0.5) is 5.82 Å². The van der Waals surface area contributed by atoms with E-state index in [0.29, 0.717) is 24.1 Å².